The number of carbonyl (C=O) groups is 1. The molecule has 0 amide bonds. The van der Waals surface area contributed by atoms with Crippen molar-refractivity contribution in [1.29, 1.82) is 0 Å². The van der Waals surface area contributed by atoms with Crippen LogP contribution in [0.2, 0.25) is 0 Å². The van der Waals surface area contributed by atoms with Gasteiger partial charge in [0.05, 0.1) is 32.5 Å². The first-order chi connectivity index (χ1) is 14.5. The van der Waals surface area contributed by atoms with Crippen molar-refractivity contribution in [3.8, 4) is 22.9 Å². The number of fused-ring (bicyclic) bond motifs is 1. The highest BCUT2D eigenvalue weighted by molar-refractivity contribution is 5.89. The summed E-state index contributed by atoms with van der Waals surface area (Å²) < 4.78 is 14.3. The topological polar surface area (TPSA) is 102 Å². The van der Waals surface area contributed by atoms with Gasteiger partial charge in [0, 0.05) is 30.1 Å². The van der Waals surface area contributed by atoms with E-state index >= 15 is 0 Å². The molecule has 0 bridgehead atoms. The van der Waals surface area contributed by atoms with E-state index in [9.17, 15) is 9.90 Å². The Morgan fingerprint density at radius 2 is 2.00 bits per heavy atom. The molecular weight excluding hydrogens is 386 g/mol. The first kappa shape index (κ1) is 19.2. The lowest BCUT2D eigenvalue weighted by Gasteiger charge is -2.11. The minimum absolute atomic E-state index is 0.195. The summed E-state index contributed by atoms with van der Waals surface area (Å²) in [6.45, 7) is 0. The smallest absolute Gasteiger partial charge is 0.335 e. The van der Waals surface area contributed by atoms with E-state index in [1.54, 1.807) is 49.3 Å². The Morgan fingerprint density at radius 3 is 2.73 bits per heavy atom. The lowest BCUT2D eigenvalue weighted by Crippen LogP contribution is -2.34. The highest BCUT2D eigenvalue weighted by atomic mass is 16.5. The van der Waals surface area contributed by atoms with Crippen LogP contribution in [0.3, 0.4) is 0 Å². The van der Waals surface area contributed by atoms with Crippen molar-refractivity contribution in [3.05, 3.63) is 60.4 Å². The maximum absolute atomic E-state index is 11.3. The van der Waals surface area contributed by atoms with Crippen LogP contribution < -0.4 is 19.4 Å². The first-order valence-corrected chi connectivity index (χ1v) is 9.08. The van der Waals surface area contributed by atoms with Gasteiger partial charge in [-0.25, -0.2) is 19.6 Å². The van der Waals surface area contributed by atoms with E-state index in [0.29, 0.717) is 34.2 Å². The number of hydrogen-bond donors (Lipinski definition) is 2. The number of nitrogens with one attached hydrogen (secondary N) is 1. The molecule has 0 saturated heterocycles. The Morgan fingerprint density at radius 1 is 1.17 bits per heavy atom. The fourth-order valence-electron chi connectivity index (χ4n) is 3.23. The maximum Gasteiger partial charge on any atom is 0.335 e. The molecule has 0 radical (unpaired) electrons. The Balaban J connectivity index is 1.82. The van der Waals surface area contributed by atoms with Crippen molar-refractivity contribution in [1.82, 2.24) is 14.6 Å². The number of carboxylic acids is 1. The third kappa shape index (κ3) is 3.37. The number of benzene rings is 1. The van der Waals surface area contributed by atoms with Crippen molar-refractivity contribution in [2.45, 2.75) is 0 Å². The molecule has 0 fully saturated rings. The third-order valence-electron chi connectivity index (χ3n) is 4.71. The molecule has 2 N–H and O–H groups in total. The number of aromatic carboxylic acids is 1. The lowest BCUT2D eigenvalue weighted by molar-refractivity contribution is -0.662. The molecule has 0 aliphatic heterocycles. The number of anilines is 2. The molecule has 0 aliphatic rings. The summed E-state index contributed by atoms with van der Waals surface area (Å²) in [6.07, 6.45) is 3.39. The van der Waals surface area contributed by atoms with Gasteiger partial charge in [0.15, 0.2) is 5.69 Å². The molecule has 9 nitrogen and oxygen atoms in total. The van der Waals surface area contributed by atoms with Crippen LogP contribution in [0, 0.1) is 0 Å². The molecule has 0 saturated carbocycles. The molecule has 9 heteroatoms. The molecule has 3 aromatic heterocycles. The van der Waals surface area contributed by atoms with Crippen LogP contribution in [-0.2, 0) is 7.05 Å². The van der Waals surface area contributed by atoms with Crippen LogP contribution in [0.5, 0.6) is 11.6 Å². The van der Waals surface area contributed by atoms with Crippen LogP contribution in [-0.4, -0.2) is 39.9 Å². The summed E-state index contributed by atoms with van der Waals surface area (Å²) in [6, 6.07) is 12.2. The van der Waals surface area contributed by atoms with Gasteiger partial charge in [-0.3, -0.25) is 0 Å². The number of rotatable bonds is 6. The normalized spacial score (nSPS) is 10.8. The number of carboxylic acid groups (broad SMARTS) is 1. The minimum Gasteiger partial charge on any atom is -0.490 e. The van der Waals surface area contributed by atoms with E-state index in [2.05, 4.69) is 15.4 Å². The fourth-order valence-corrected chi connectivity index (χ4v) is 3.23. The van der Waals surface area contributed by atoms with E-state index in [4.69, 9.17) is 9.47 Å². The summed E-state index contributed by atoms with van der Waals surface area (Å²) in [5.74, 6) is 0.924. The van der Waals surface area contributed by atoms with Crippen LogP contribution in [0.25, 0.3) is 16.9 Å². The molecule has 4 aromatic rings. The average molecular weight is 406 g/mol. The van der Waals surface area contributed by atoms with Gasteiger partial charge in [0.2, 0.25) is 11.4 Å². The second-order valence-corrected chi connectivity index (χ2v) is 6.50. The van der Waals surface area contributed by atoms with Crippen molar-refractivity contribution < 1.29 is 23.9 Å². The van der Waals surface area contributed by atoms with Crippen molar-refractivity contribution >= 4 is 23.1 Å². The molecule has 0 unspecified atom stereocenters. The summed E-state index contributed by atoms with van der Waals surface area (Å²) in [7, 11) is 5.01. The fraction of sp³-hybridized carbons (Fsp3) is 0.143. The Bertz CT molecular complexity index is 1250. The van der Waals surface area contributed by atoms with E-state index < -0.39 is 5.97 Å². The Labute approximate surface area is 172 Å². The molecule has 3 heterocycles. The van der Waals surface area contributed by atoms with Gasteiger partial charge in [-0.2, -0.15) is 9.67 Å². The van der Waals surface area contributed by atoms with Gasteiger partial charge < -0.3 is 14.6 Å². The largest absolute Gasteiger partial charge is 0.490 e. The molecule has 30 heavy (non-hydrogen) atoms. The first-order valence-electron chi connectivity index (χ1n) is 9.08. The number of imidazole rings is 1. The number of methoxy groups -OCH3 is 2. The number of ether oxygens (including phenoxy) is 2. The number of hydrogen-bond acceptors (Lipinski definition) is 6. The zero-order valence-electron chi connectivity index (χ0n) is 16.7. The zero-order valence-corrected chi connectivity index (χ0v) is 16.7. The van der Waals surface area contributed by atoms with Gasteiger partial charge in [-0.05, 0) is 18.2 Å². The Hall–Kier alpha value is -4.14. The maximum atomic E-state index is 11.3. The number of aromatic nitrogens is 4. The van der Waals surface area contributed by atoms with E-state index in [1.807, 2.05) is 35.9 Å². The van der Waals surface area contributed by atoms with Crippen molar-refractivity contribution in [3.63, 3.8) is 0 Å². The zero-order chi connectivity index (χ0) is 21.3. The standard InChI is InChI=1S/C21H19N5O4/c1-25-18(8-7-17(29-2)20(25)30-3)23-16-12-15(24-26-10-9-22-19(16)26)13-5-4-6-14(11-13)21(27)28/h4-12H,1-3H3,(H,27,28)/p+1. The van der Waals surface area contributed by atoms with Gasteiger partial charge in [0.1, 0.15) is 0 Å². The molecule has 0 aliphatic carbocycles. The monoisotopic (exact) mass is 406 g/mol. The van der Waals surface area contributed by atoms with E-state index in [0.717, 1.165) is 5.82 Å². The number of nitrogens with zero attached hydrogens (tertiary/aromatic N) is 4. The van der Waals surface area contributed by atoms with E-state index in [1.165, 1.54) is 0 Å². The minimum atomic E-state index is -0.990. The highest BCUT2D eigenvalue weighted by Crippen LogP contribution is 2.28. The SMILES string of the molecule is COc1ccc(Nc2cc(-c3cccc(C(=O)O)c3)nn3ccnc23)[n+](C)c1OC. The third-order valence-corrected chi connectivity index (χ3v) is 4.71. The molecule has 0 atom stereocenters. The Kier molecular flexibility index (Phi) is 4.93. The van der Waals surface area contributed by atoms with Crippen molar-refractivity contribution in [2.75, 3.05) is 19.5 Å². The van der Waals surface area contributed by atoms with Gasteiger partial charge in [-0.15, -0.1) is 0 Å². The summed E-state index contributed by atoms with van der Waals surface area (Å²) in [4.78, 5) is 15.7. The summed E-state index contributed by atoms with van der Waals surface area (Å²) >= 11 is 0. The van der Waals surface area contributed by atoms with Gasteiger partial charge in [0.25, 0.3) is 5.82 Å². The quantitative estimate of drug-likeness (QED) is 0.475. The summed E-state index contributed by atoms with van der Waals surface area (Å²) in [5, 5.41) is 17.2. The van der Waals surface area contributed by atoms with Crippen LogP contribution >= 0.6 is 0 Å². The molecular formula is C21H20N5O4+. The number of pyridine rings is 1. The molecule has 4 rings (SSSR count). The average Bonchev–Trinajstić information content (AvgIpc) is 3.24. The van der Waals surface area contributed by atoms with E-state index in [-0.39, 0.29) is 5.56 Å². The lowest BCUT2D eigenvalue weighted by atomic mass is 10.1. The van der Waals surface area contributed by atoms with Gasteiger partial charge in [-0.1, -0.05) is 12.1 Å². The van der Waals surface area contributed by atoms with Crippen LogP contribution in [0.15, 0.2) is 54.9 Å². The molecule has 0 spiro atoms. The van der Waals surface area contributed by atoms with Gasteiger partial charge >= 0.3 is 11.8 Å². The highest BCUT2D eigenvalue weighted by Gasteiger charge is 2.20. The second-order valence-electron chi connectivity index (χ2n) is 6.50. The predicted molar refractivity (Wildman–Crippen MR) is 109 cm³/mol. The van der Waals surface area contributed by atoms with Crippen LogP contribution in [0.4, 0.5) is 11.5 Å². The predicted octanol–water partition coefficient (Wildman–Crippen LogP) is 2.68. The molecule has 1 aromatic carbocycles. The molecule has 152 valence electrons. The van der Waals surface area contributed by atoms with Crippen LogP contribution in [0.1, 0.15) is 10.4 Å². The summed E-state index contributed by atoms with van der Waals surface area (Å²) in [5.41, 5.74) is 2.82. The van der Waals surface area contributed by atoms with Crippen molar-refractivity contribution in [2.24, 2.45) is 7.05 Å². The second kappa shape index (κ2) is 7.70.